The minimum absolute atomic E-state index is 0.149. The van der Waals surface area contributed by atoms with Gasteiger partial charge in [-0.05, 0) is 55.5 Å². The maximum absolute atomic E-state index is 12.9. The van der Waals surface area contributed by atoms with Crippen molar-refractivity contribution in [2.75, 3.05) is 32.1 Å². The summed E-state index contributed by atoms with van der Waals surface area (Å²) >= 11 is 1.64. The van der Waals surface area contributed by atoms with Gasteiger partial charge in [0.2, 0.25) is 0 Å². The average molecular weight is 377 g/mol. The van der Waals surface area contributed by atoms with E-state index in [0.29, 0.717) is 37.7 Å². The number of benzene rings is 2. The highest BCUT2D eigenvalue weighted by atomic mass is 32.2. The van der Waals surface area contributed by atoms with Crippen molar-refractivity contribution in [3.63, 3.8) is 0 Å². The highest BCUT2D eigenvalue weighted by molar-refractivity contribution is 7.99. The summed E-state index contributed by atoms with van der Waals surface area (Å²) in [7, 11) is 0. The van der Waals surface area contributed by atoms with Crippen LogP contribution in [0.5, 0.6) is 5.75 Å². The molecule has 26 heavy (non-hydrogen) atoms. The first-order valence-corrected chi connectivity index (χ1v) is 9.65. The molecule has 0 spiro atoms. The minimum atomic E-state index is -0.233. The number of carbonyl (C=O) groups excluding carboxylic acids is 1. The molecule has 0 aliphatic rings. The summed E-state index contributed by atoms with van der Waals surface area (Å²) in [6.07, 6.45) is 0.821. The van der Waals surface area contributed by atoms with Gasteiger partial charge in [-0.2, -0.15) is 0 Å². The van der Waals surface area contributed by atoms with E-state index in [4.69, 9.17) is 9.47 Å². The molecule has 2 rings (SSSR count). The molecule has 0 aliphatic carbocycles. The number of ether oxygens (including phenoxy) is 2. The SMILES string of the molecule is CCOCCOc1ccccc1C(=O)NCCCSc1ccc(F)cc1. The number of hydrogen-bond acceptors (Lipinski definition) is 4. The molecule has 140 valence electrons. The number of rotatable bonds is 11. The van der Waals surface area contributed by atoms with E-state index in [9.17, 15) is 9.18 Å². The molecule has 0 atom stereocenters. The van der Waals surface area contributed by atoms with E-state index in [0.717, 1.165) is 17.1 Å². The lowest BCUT2D eigenvalue weighted by molar-refractivity contribution is 0.0936. The maximum atomic E-state index is 12.9. The van der Waals surface area contributed by atoms with Crippen molar-refractivity contribution >= 4 is 17.7 Å². The number of amides is 1. The van der Waals surface area contributed by atoms with Gasteiger partial charge in [-0.1, -0.05) is 12.1 Å². The zero-order valence-electron chi connectivity index (χ0n) is 14.9. The van der Waals surface area contributed by atoms with E-state index in [2.05, 4.69) is 5.32 Å². The Labute approximate surface area is 158 Å². The van der Waals surface area contributed by atoms with Gasteiger partial charge in [-0.25, -0.2) is 4.39 Å². The molecule has 0 aromatic heterocycles. The molecule has 0 bridgehead atoms. The Morgan fingerprint density at radius 1 is 1.12 bits per heavy atom. The fraction of sp³-hybridized carbons (Fsp3) is 0.350. The van der Waals surface area contributed by atoms with Crippen LogP contribution in [-0.2, 0) is 4.74 Å². The van der Waals surface area contributed by atoms with E-state index in [-0.39, 0.29) is 11.7 Å². The van der Waals surface area contributed by atoms with Crippen LogP contribution in [0.4, 0.5) is 4.39 Å². The van der Waals surface area contributed by atoms with Gasteiger partial charge in [0.15, 0.2) is 0 Å². The molecular weight excluding hydrogens is 353 g/mol. The van der Waals surface area contributed by atoms with E-state index in [1.807, 2.05) is 19.1 Å². The van der Waals surface area contributed by atoms with E-state index < -0.39 is 0 Å². The van der Waals surface area contributed by atoms with Crippen LogP contribution >= 0.6 is 11.8 Å². The minimum Gasteiger partial charge on any atom is -0.490 e. The summed E-state index contributed by atoms with van der Waals surface area (Å²) in [4.78, 5) is 13.4. The van der Waals surface area contributed by atoms with Crippen LogP contribution in [0.1, 0.15) is 23.7 Å². The molecular formula is C20H24FNO3S. The third-order valence-electron chi connectivity index (χ3n) is 3.51. The van der Waals surface area contributed by atoms with Crippen LogP contribution in [0.3, 0.4) is 0 Å². The van der Waals surface area contributed by atoms with Gasteiger partial charge in [-0.15, -0.1) is 11.8 Å². The molecule has 0 radical (unpaired) electrons. The second kappa shape index (κ2) is 11.5. The predicted octanol–water partition coefficient (Wildman–Crippen LogP) is 4.15. The number of carbonyl (C=O) groups is 1. The predicted molar refractivity (Wildman–Crippen MR) is 103 cm³/mol. The molecule has 2 aromatic carbocycles. The van der Waals surface area contributed by atoms with Crippen molar-refractivity contribution in [2.24, 2.45) is 0 Å². The van der Waals surface area contributed by atoms with E-state index >= 15 is 0 Å². The van der Waals surface area contributed by atoms with Crippen LogP contribution in [0.15, 0.2) is 53.4 Å². The third-order valence-corrected chi connectivity index (χ3v) is 4.61. The Bertz CT molecular complexity index is 679. The standard InChI is InChI=1S/C20H24FNO3S/c1-2-24-13-14-25-19-7-4-3-6-18(19)20(23)22-12-5-15-26-17-10-8-16(21)9-11-17/h3-4,6-11H,2,5,12-15H2,1H3,(H,22,23). The lowest BCUT2D eigenvalue weighted by Gasteiger charge is -2.11. The quantitative estimate of drug-likeness (QED) is 0.472. The Hall–Kier alpha value is -2.05. The smallest absolute Gasteiger partial charge is 0.255 e. The van der Waals surface area contributed by atoms with Crippen molar-refractivity contribution < 1.29 is 18.7 Å². The molecule has 0 heterocycles. The van der Waals surface area contributed by atoms with Gasteiger partial charge < -0.3 is 14.8 Å². The van der Waals surface area contributed by atoms with Crippen molar-refractivity contribution in [1.29, 1.82) is 0 Å². The highest BCUT2D eigenvalue weighted by Crippen LogP contribution is 2.19. The monoisotopic (exact) mass is 377 g/mol. The van der Waals surface area contributed by atoms with Crippen molar-refractivity contribution in [3.05, 3.63) is 59.9 Å². The normalized spacial score (nSPS) is 10.5. The van der Waals surface area contributed by atoms with E-state index in [1.54, 1.807) is 36.0 Å². The maximum Gasteiger partial charge on any atom is 0.255 e. The van der Waals surface area contributed by atoms with Gasteiger partial charge in [0, 0.05) is 18.0 Å². The first-order valence-electron chi connectivity index (χ1n) is 8.67. The zero-order valence-corrected chi connectivity index (χ0v) is 15.7. The Morgan fingerprint density at radius 2 is 1.88 bits per heavy atom. The van der Waals surface area contributed by atoms with Gasteiger partial charge in [0.05, 0.1) is 12.2 Å². The average Bonchev–Trinajstić information content (AvgIpc) is 2.66. The summed E-state index contributed by atoms with van der Waals surface area (Å²) in [6, 6.07) is 13.6. The molecule has 0 saturated carbocycles. The van der Waals surface area contributed by atoms with Crippen LogP contribution in [0.2, 0.25) is 0 Å². The van der Waals surface area contributed by atoms with Crippen LogP contribution in [-0.4, -0.2) is 38.0 Å². The lowest BCUT2D eigenvalue weighted by Crippen LogP contribution is -2.25. The fourth-order valence-electron chi connectivity index (χ4n) is 2.23. The summed E-state index contributed by atoms with van der Waals surface area (Å²) < 4.78 is 23.7. The number of hydrogen-bond donors (Lipinski definition) is 1. The van der Waals surface area contributed by atoms with Gasteiger partial charge in [0.25, 0.3) is 5.91 Å². The summed E-state index contributed by atoms with van der Waals surface area (Å²) in [6.45, 7) is 4.04. The number of nitrogens with one attached hydrogen (secondary N) is 1. The molecule has 1 N–H and O–H groups in total. The Morgan fingerprint density at radius 3 is 2.65 bits per heavy atom. The lowest BCUT2D eigenvalue weighted by atomic mass is 10.2. The number of thioether (sulfide) groups is 1. The largest absolute Gasteiger partial charge is 0.490 e. The first kappa shape index (κ1) is 20.3. The van der Waals surface area contributed by atoms with E-state index in [1.165, 1.54) is 12.1 Å². The first-order chi connectivity index (χ1) is 12.7. The van der Waals surface area contributed by atoms with Crippen molar-refractivity contribution in [3.8, 4) is 5.75 Å². The van der Waals surface area contributed by atoms with Crippen molar-refractivity contribution in [1.82, 2.24) is 5.32 Å². The van der Waals surface area contributed by atoms with Gasteiger partial charge in [-0.3, -0.25) is 4.79 Å². The van der Waals surface area contributed by atoms with Crippen LogP contribution in [0, 0.1) is 5.82 Å². The van der Waals surface area contributed by atoms with Gasteiger partial charge >= 0.3 is 0 Å². The molecule has 0 aliphatic heterocycles. The fourth-order valence-corrected chi connectivity index (χ4v) is 3.08. The highest BCUT2D eigenvalue weighted by Gasteiger charge is 2.11. The second-order valence-corrected chi connectivity index (χ2v) is 6.62. The number of para-hydroxylation sites is 1. The van der Waals surface area contributed by atoms with Crippen molar-refractivity contribution in [2.45, 2.75) is 18.2 Å². The summed E-state index contributed by atoms with van der Waals surface area (Å²) in [5, 5.41) is 2.91. The molecule has 4 nitrogen and oxygen atoms in total. The summed E-state index contributed by atoms with van der Waals surface area (Å²) in [5.41, 5.74) is 0.523. The number of halogens is 1. The molecule has 0 unspecified atom stereocenters. The molecule has 6 heteroatoms. The van der Waals surface area contributed by atoms with Gasteiger partial charge in [0.1, 0.15) is 18.2 Å². The third kappa shape index (κ3) is 7.06. The Balaban J connectivity index is 1.72. The molecule has 0 saturated heterocycles. The van der Waals surface area contributed by atoms with Crippen LogP contribution < -0.4 is 10.1 Å². The second-order valence-electron chi connectivity index (χ2n) is 5.45. The molecule has 1 amide bonds. The molecule has 0 fully saturated rings. The summed E-state index contributed by atoms with van der Waals surface area (Å²) in [5.74, 6) is 1.02. The zero-order chi connectivity index (χ0) is 18.6. The van der Waals surface area contributed by atoms with Crippen LogP contribution in [0.25, 0.3) is 0 Å². The topological polar surface area (TPSA) is 47.6 Å². The molecule has 2 aromatic rings. The Kier molecular flexibility index (Phi) is 9.00.